The Labute approximate surface area is 311 Å². The molecule has 1 unspecified atom stereocenters. The smallest absolute Gasteiger partial charge is 0.407 e. The number of nitrogens with zero attached hydrogens (tertiary/aromatic N) is 4. The van der Waals surface area contributed by atoms with Crippen molar-refractivity contribution in [3.63, 3.8) is 0 Å². The second-order valence-electron chi connectivity index (χ2n) is 13.9. The molecule has 2 aromatic heterocycles. The lowest BCUT2D eigenvalue weighted by Crippen LogP contribution is -2.54. The zero-order valence-electron chi connectivity index (χ0n) is 30.1. The number of H-pyrrole nitrogens is 2. The Balaban J connectivity index is 1.00. The Hall–Kier alpha value is -5.31. The number of hydrogen-bond donors (Lipinski definition) is 4. The summed E-state index contributed by atoms with van der Waals surface area (Å²) < 4.78 is 9.46. The maximum atomic E-state index is 13.5. The van der Waals surface area contributed by atoms with Crippen molar-refractivity contribution in [1.82, 2.24) is 40.4 Å². The molecule has 3 fully saturated rings. The van der Waals surface area contributed by atoms with Crippen LogP contribution in [0.1, 0.15) is 63.3 Å². The van der Waals surface area contributed by atoms with Crippen LogP contribution < -0.4 is 10.6 Å². The first kappa shape index (κ1) is 36.1. The number of piperidine rings is 1. The molecule has 4 N–H and O–H groups in total. The SMILES string of the molecule is COC(=O)N[C@H]1CCC2SC[C@@H](c3ncc(-c4ccc(-c5ccc(-c6cnc([C@@H]7CCCN7C(=O)[C@@H](NC(=O)OC)C(C)C)[nH]6)cc5)cc4)[nH]3)N2C1=O. The summed E-state index contributed by atoms with van der Waals surface area (Å²) in [7, 11) is 2.58. The second-order valence-corrected chi connectivity index (χ2v) is 15.1. The number of imidazole rings is 2. The molecular weight excluding hydrogens is 697 g/mol. The third-order valence-corrected chi connectivity index (χ3v) is 11.7. The number of amides is 4. The molecule has 278 valence electrons. The number of thioether (sulfide) groups is 1. The molecule has 4 aromatic rings. The van der Waals surface area contributed by atoms with E-state index in [4.69, 9.17) is 9.47 Å². The molecule has 3 aliphatic heterocycles. The van der Waals surface area contributed by atoms with E-state index in [2.05, 4.69) is 67.0 Å². The van der Waals surface area contributed by atoms with E-state index < -0.39 is 24.3 Å². The predicted molar refractivity (Wildman–Crippen MR) is 199 cm³/mol. The molecule has 53 heavy (non-hydrogen) atoms. The maximum absolute atomic E-state index is 13.5. The molecular formula is C38H44N8O6S. The summed E-state index contributed by atoms with van der Waals surface area (Å²) in [5.74, 6) is 1.83. The van der Waals surface area contributed by atoms with Crippen LogP contribution in [-0.2, 0) is 19.1 Å². The molecule has 3 aliphatic rings. The third kappa shape index (κ3) is 7.34. The molecule has 5 heterocycles. The highest BCUT2D eigenvalue weighted by Gasteiger charge is 2.46. The lowest BCUT2D eigenvalue weighted by atomic mass is 10.0. The molecule has 7 rings (SSSR count). The van der Waals surface area contributed by atoms with Gasteiger partial charge in [-0.2, -0.15) is 0 Å². The standard InChI is InChI=1S/C38H44N8O6S/c1-21(2)32(44-38(50)52-4)36(48)45-17-5-6-29(45)33-39-18-27(41-33)24-11-7-22(8-12-24)23-9-13-25(14-10-23)28-19-40-34(42-28)30-20-53-31-16-15-26(35(47)46(30)31)43-37(49)51-3/h7-14,18-19,21,26,29-32H,5-6,15-17,20H2,1-4H3,(H,39,41)(H,40,42)(H,43,49)(H,44,50)/t26-,29-,30-,31?,32-/m0/s1. The minimum Gasteiger partial charge on any atom is -0.453 e. The molecule has 0 spiro atoms. The number of nitrogens with one attached hydrogen (secondary N) is 4. The Morgan fingerprint density at radius 2 is 1.38 bits per heavy atom. The highest BCUT2D eigenvalue weighted by Crippen LogP contribution is 2.43. The Morgan fingerprint density at radius 1 is 0.811 bits per heavy atom. The number of ether oxygens (including phenoxy) is 2. The van der Waals surface area contributed by atoms with Gasteiger partial charge in [0, 0.05) is 12.3 Å². The van der Waals surface area contributed by atoms with Crippen LogP contribution >= 0.6 is 11.8 Å². The Kier molecular flexibility index (Phi) is 10.4. The largest absolute Gasteiger partial charge is 0.453 e. The maximum Gasteiger partial charge on any atom is 0.407 e. The number of hydrogen-bond acceptors (Lipinski definition) is 9. The van der Waals surface area contributed by atoms with Crippen molar-refractivity contribution < 1.29 is 28.7 Å². The molecule has 0 radical (unpaired) electrons. The van der Waals surface area contributed by atoms with Crippen LogP contribution in [0.25, 0.3) is 33.6 Å². The van der Waals surface area contributed by atoms with E-state index in [1.807, 2.05) is 30.9 Å². The van der Waals surface area contributed by atoms with Crippen molar-refractivity contribution in [2.45, 2.75) is 69.1 Å². The molecule has 15 heteroatoms. The summed E-state index contributed by atoms with van der Waals surface area (Å²) in [6.45, 7) is 4.39. The predicted octanol–water partition coefficient (Wildman–Crippen LogP) is 5.64. The molecule has 5 atom stereocenters. The van der Waals surface area contributed by atoms with Gasteiger partial charge in [-0.1, -0.05) is 62.4 Å². The molecule has 3 saturated heterocycles. The van der Waals surface area contributed by atoms with Crippen molar-refractivity contribution in [2.24, 2.45) is 5.92 Å². The summed E-state index contributed by atoms with van der Waals surface area (Å²) in [5, 5.41) is 5.42. The van der Waals surface area contributed by atoms with Gasteiger partial charge in [-0.25, -0.2) is 19.6 Å². The van der Waals surface area contributed by atoms with Crippen LogP contribution in [0.15, 0.2) is 60.9 Å². The van der Waals surface area contributed by atoms with Gasteiger partial charge in [0.2, 0.25) is 11.8 Å². The summed E-state index contributed by atoms with van der Waals surface area (Å²) in [6, 6.07) is 14.8. The number of fused-ring (bicyclic) bond motifs is 1. The molecule has 4 amide bonds. The minimum atomic E-state index is -0.686. The van der Waals surface area contributed by atoms with Gasteiger partial charge in [0.1, 0.15) is 23.7 Å². The number of alkyl carbamates (subject to hydrolysis) is 2. The molecule has 2 aromatic carbocycles. The van der Waals surface area contributed by atoms with Gasteiger partial charge >= 0.3 is 12.2 Å². The monoisotopic (exact) mass is 740 g/mol. The van der Waals surface area contributed by atoms with E-state index in [0.29, 0.717) is 13.0 Å². The van der Waals surface area contributed by atoms with Crippen molar-refractivity contribution in [1.29, 1.82) is 0 Å². The average molecular weight is 741 g/mol. The van der Waals surface area contributed by atoms with Crippen molar-refractivity contribution >= 4 is 35.8 Å². The number of carbonyl (C=O) groups excluding carboxylic acids is 4. The van der Waals surface area contributed by atoms with Crippen LogP contribution in [0.4, 0.5) is 9.59 Å². The molecule has 14 nitrogen and oxygen atoms in total. The van der Waals surface area contributed by atoms with Crippen molar-refractivity contribution in [3.05, 3.63) is 72.6 Å². The van der Waals surface area contributed by atoms with Gasteiger partial charge in [0.05, 0.1) is 55.5 Å². The third-order valence-electron chi connectivity index (χ3n) is 10.3. The summed E-state index contributed by atoms with van der Waals surface area (Å²) in [4.78, 5) is 70.4. The topological polar surface area (TPSA) is 175 Å². The second kappa shape index (κ2) is 15.3. The van der Waals surface area contributed by atoms with E-state index in [0.717, 1.165) is 70.3 Å². The fourth-order valence-electron chi connectivity index (χ4n) is 7.42. The minimum absolute atomic E-state index is 0.0620. The number of aromatic amines is 2. The zero-order valence-corrected chi connectivity index (χ0v) is 30.9. The van der Waals surface area contributed by atoms with Gasteiger partial charge in [-0.05, 0) is 53.9 Å². The van der Waals surface area contributed by atoms with E-state index in [1.165, 1.54) is 14.2 Å². The fraction of sp³-hybridized carbons (Fsp3) is 0.421. The first-order valence-corrected chi connectivity index (χ1v) is 18.9. The highest BCUT2D eigenvalue weighted by atomic mass is 32.2. The van der Waals surface area contributed by atoms with E-state index in [9.17, 15) is 19.2 Å². The van der Waals surface area contributed by atoms with Gasteiger partial charge in [-0.15, -0.1) is 11.8 Å². The number of benzene rings is 2. The number of likely N-dealkylation sites (tertiary alicyclic amines) is 1. The lowest BCUT2D eigenvalue weighted by molar-refractivity contribution is -0.138. The number of aromatic nitrogens is 4. The average Bonchev–Trinajstić information content (AvgIpc) is 4.01. The van der Waals surface area contributed by atoms with Crippen molar-refractivity contribution in [2.75, 3.05) is 26.5 Å². The number of carbonyl (C=O) groups is 4. The van der Waals surface area contributed by atoms with Gasteiger partial charge in [-0.3, -0.25) is 9.59 Å². The highest BCUT2D eigenvalue weighted by molar-refractivity contribution is 8.00. The van der Waals surface area contributed by atoms with Crippen LogP contribution in [0, 0.1) is 5.92 Å². The van der Waals surface area contributed by atoms with Crippen LogP contribution in [0.3, 0.4) is 0 Å². The van der Waals surface area contributed by atoms with E-state index in [1.54, 1.807) is 29.1 Å². The molecule has 0 aliphatic carbocycles. The number of rotatable bonds is 9. The zero-order chi connectivity index (χ0) is 37.2. The van der Waals surface area contributed by atoms with E-state index in [-0.39, 0.29) is 35.2 Å². The first-order valence-electron chi connectivity index (χ1n) is 17.9. The fourth-order valence-corrected chi connectivity index (χ4v) is 8.86. The Bertz CT molecular complexity index is 1960. The molecule has 0 bridgehead atoms. The van der Waals surface area contributed by atoms with Gasteiger partial charge in [0.25, 0.3) is 0 Å². The van der Waals surface area contributed by atoms with Crippen LogP contribution in [0.5, 0.6) is 0 Å². The summed E-state index contributed by atoms with van der Waals surface area (Å²) in [6.07, 6.45) is 5.38. The first-order chi connectivity index (χ1) is 25.6. The van der Waals surface area contributed by atoms with Crippen molar-refractivity contribution in [3.8, 4) is 33.6 Å². The molecule has 0 saturated carbocycles. The lowest BCUT2D eigenvalue weighted by Gasteiger charge is -2.36. The van der Waals surface area contributed by atoms with Crippen LogP contribution in [-0.4, -0.2) is 97.7 Å². The Morgan fingerprint density at radius 3 is 1.94 bits per heavy atom. The quantitative estimate of drug-likeness (QED) is 0.169. The summed E-state index contributed by atoms with van der Waals surface area (Å²) in [5.41, 5.74) is 5.79. The van der Waals surface area contributed by atoms with Gasteiger partial charge in [0.15, 0.2) is 0 Å². The van der Waals surface area contributed by atoms with E-state index >= 15 is 0 Å². The van der Waals surface area contributed by atoms with Gasteiger partial charge < -0.3 is 39.9 Å². The van der Waals surface area contributed by atoms with Crippen LogP contribution in [0.2, 0.25) is 0 Å². The number of methoxy groups -OCH3 is 2. The summed E-state index contributed by atoms with van der Waals surface area (Å²) >= 11 is 1.74. The normalized spacial score (nSPS) is 21.7.